The van der Waals surface area contributed by atoms with Crippen LogP contribution in [0.3, 0.4) is 0 Å². The summed E-state index contributed by atoms with van der Waals surface area (Å²) >= 11 is 3.95. The van der Waals surface area contributed by atoms with Crippen LogP contribution < -0.4 is 5.32 Å². The molecule has 2 unspecified atom stereocenters. The molecule has 0 radical (unpaired) electrons. The van der Waals surface area contributed by atoms with Crippen molar-refractivity contribution in [2.24, 2.45) is 0 Å². The van der Waals surface area contributed by atoms with Crippen LogP contribution in [0.15, 0.2) is 6.07 Å². The van der Waals surface area contributed by atoms with E-state index in [2.05, 4.69) is 31.5 Å². The van der Waals surface area contributed by atoms with Gasteiger partial charge in [-0.05, 0) is 44.1 Å². The van der Waals surface area contributed by atoms with Gasteiger partial charge in [-0.1, -0.05) is 6.92 Å². The maximum absolute atomic E-state index is 3.63. The van der Waals surface area contributed by atoms with Gasteiger partial charge in [0.25, 0.3) is 0 Å². The third-order valence-corrected chi connectivity index (χ3v) is 5.70. The van der Waals surface area contributed by atoms with Crippen LogP contribution in [0.25, 0.3) is 0 Å². The molecular weight excluding hydrogens is 234 g/mol. The average Bonchev–Trinajstić information content (AvgIpc) is 2.85. The van der Waals surface area contributed by atoms with Gasteiger partial charge < -0.3 is 5.32 Å². The monoisotopic (exact) mass is 255 g/mol. The van der Waals surface area contributed by atoms with E-state index < -0.39 is 0 Å². The maximum atomic E-state index is 3.63. The Labute approximate surface area is 107 Å². The van der Waals surface area contributed by atoms with E-state index in [4.69, 9.17) is 0 Å². The summed E-state index contributed by atoms with van der Waals surface area (Å²) < 4.78 is 0. The lowest BCUT2D eigenvalue weighted by Gasteiger charge is -2.15. The highest BCUT2D eigenvalue weighted by Gasteiger charge is 2.17. The molecule has 2 rings (SSSR count). The van der Waals surface area contributed by atoms with Crippen LogP contribution in [0, 0.1) is 0 Å². The predicted molar refractivity (Wildman–Crippen MR) is 75.7 cm³/mol. The van der Waals surface area contributed by atoms with Crippen molar-refractivity contribution in [1.82, 2.24) is 5.32 Å². The molecule has 16 heavy (non-hydrogen) atoms. The molecule has 0 amide bonds. The minimum atomic E-state index is 0.519. The smallest absolute Gasteiger partial charge is 0.0386 e. The van der Waals surface area contributed by atoms with Gasteiger partial charge in [0.2, 0.25) is 0 Å². The molecule has 2 atom stereocenters. The van der Waals surface area contributed by atoms with Gasteiger partial charge >= 0.3 is 0 Å². The molecule has 0 bridgehead atoms. The number of hydrogen-bond donors (Lipinski definition) is 1. The summed E-state index contributed by atoms with van der Waals surface area (Å²) in [6.45, 7) is 5.66. The first-order chi connectivity index (χ1) is 7.70. The summed E-state index contributed by atoms with van der Waals surface area (Å²) in [5.41, 5.74) is 1.62. The van der Waals surface area contributed by atoms with Crippen molar-refractivity contribution in [3.05, 3.63) is 21.4 Å². The fraction of sp³-hybridized carbons (Fsp3) is 0.692. The van der Waals surface area contributed by atoms with Gasteiger partial charge in [-0.25, -0.2) is 0 Å². The van der Waals surface area contributed by atoms with Crippen LogP contribution in [-0.4, -0.2) is 18.1 Å². The molecule has 1 N–H and O–H groups in total. The Balaban J connectivity index is 1.91. The number of rotatable bonds is 5. The highest BCUT2D eigenvalue weighted by molar-refractivity contribution is 7.99. The lowest BCUT2D eigenvalue weighted by Crippen LogP contribution is -2.25. The van der Waals surface area contributed by atoms with Crippen LogP contribution in [-0.2, 0) is 12.8 Å². The van der Waals surface area contributed by atoms with Crippen molar-refractivity contribution in [2.75, 3.05) is 12.8 Å². The molecule has 0 fully saturated rings. The molecule has 1 aliphatic carbocycles. The largest absolute Gasteiger partial charge is 0.308 e. The van der Waals surface area contributed by atoms with Crippen molar-refractivity contribution >= 4 is 23.1 Å². The van der Waals surface area contributed by atoms with Crippen LogP contribution in [0.4, 0.5) is 0 Å². The molecular formula is C13H21NS2. The van der Waals surface area contributed by atoms with E-state index >= 15 is 0 Å². The average molecular weight is 255 g/mol. The molecule has 1 aliphatic rings. The molecule has 1 aromatic rings. The highest BCUT2D eigenvalue weighted by atomic mass is 32.2. The number of thioether (sulfide) groups is 1. The predicted octanol–water partition coefficient (Wildman–Crippen LogP) is 3.64. The summed E-state index contributed by atoms with van der Waals surface area (Å²) in [6.07, 6.45) is 6.16. The molecule has 0 aliphatic heterocycles. The quantitative estimate of drug-likeness (QED) is 0.862. The van der Waals surface area contributed by atoms with E-state index in [0.717, 1.165) is 6.54 Å². The second kappa shape index (κ2) is 5.56. The van der Waals surface area contributed by atoms with E-state index in [9.17, 15) is 0 Å². The van der Waals surface area contributed by atoms with Crippen molar-refractivity contribution in [3.8, 4) is 0 Å². The maximum Gasteiger partial charge on any atom is 0.0386 e. The van der Waals surface area contributed by atoms with E-state index in [0.29, 0.717) is 11.3 Å². The molecule has 0 spiro atoms. The van der Waals surface area contributed by atoms with Crippen molar-refractivity contribution in [1.29, 1.82) is 0 Å². The van der Waals surface area contributed by atoms with E-state index in [-0.39, 0.29) is 0 Å². The number of nitrogens with one attached hydrogen (secondary N) is 1. The van der Waals surface area contributed by atoms with Crippen LogP contribution in [0.2, 0.25) is 0 Å². The Morgan fingerprint density at radius 2 is 2.25 bits per heavy atom. The first-order valence-corrected chi connectivity index (χ1v) is 8.18. The number of thiophene rings is 1. The molecule has 3 heteroatoms. The van der Waals surface area contributed by atoms with Gasteiger partial charge in [-0.2, -0.15) is 11.8 Å². The van der Waals surface area contributed by atoms with Gasteiger partial charge in [-0.3, -0.25) is 0 Å². The zero-order valence-corrected chi connectivity index (χ0v) is 12.0. The Kier molecular flexibility index (Phi) is 4.34. The zero-order chi connectivity index (χ0) is 11.5. The standard InChI is InChI=1S/C13H21NS2/c1-9(15-3)8-14-10(2)13-7-11-5-4-6-12(11)16-13/h7,9-10,14H,4-6,8H2,1-3H3. The summed E-state index contributed by atoms with van der Waals surface area (Å²) in [6, 6.07) is 2.94. The highest BCUT2D eigenvalue weighted by Crippen LogP contribution is 2.33. The molecule has 90 valence electrons. The normalized spacial score (nSPS) is 18.4. The fourth-order valence-corrected chi connectivity index (χ4v) is 3.64. The zero-order valence-electron chi connectivity index (χ0n) is 10.4. The lowest BCUT2D eigenvalue weighted by atomic mass is 10.2. The first kappa shape index (κ1) is 12.5. The number of hydrogen-bond acceptors (Lipinski definition) is 3. The second-order valence-electron chi connectivity index (χ2n) is 4.63. The van der Waals surface area contributed by atoms with Gasteiger partial charge in [0.05, 0.1) is 0 Å². The Hall–Kier alpha value is 0.01000. The van der Waals surface area contributed by atoms with Gasteiger partial charge in [-0.15, -0.1) is 11.3 Å². The fourth-order valence-electron chi connectivity index (χ4n) is 2.09. The lowest BCUT2D eigenvalue weighted by molar-refractivity contribution is 0.583. The van der Waals surface area contributed by atoms with Crippen molar-refractivity contribution < 1.29 is 0 Å². The Morgan fingerprint density at radius 3 is 2.94 bits per heavy atom. The molecule has 0 aromatic carbocycles. The van der Waals surface area contributed by atoms with Crippen LogP contribution in [0.1, 0.15) is 41.6 Å². The van der Waals surface area contributed by atoms with Crippen LogP contribution in [0.5, 0.6) is 0 Å². The van der Waals surface area contributed by atoms with Gasteiger partial charge in [0, 0.05) is 27.6 Å². The third kappa shape index (κ3) is 2.82. The van der Waals surface area contributed by atoms with E-state index in [1.807, 2.05) is 23.1 Å². The molecule has 0 saturated heterocycles. The molecule has 1 nitrogen and oxygen atoms in total. The van der Waals surface area contributed by atoms with Crippen LogP contribution >= 0.6 is 23.1 Å². The minimum absolute atomic E-state index is 0.519. The summed E-state index contributed by atoms with van der Waals surface area (Å²) in [5, 5.41) is 4.33. The topological polar surface area (TPSA) is 12.0 Å². The first-order valence-electron chi connectivity index (χ1n) is 6.08. The summed E-state index contributed by atoms with van der Waals surface area (Å²) in [5.74, 6) is 0. The molecule has 1 aromatic heterocycles. The Morgan fingerprint density at radius 1 is 1.44 bits per heavy atom. The van der Waals surface area contributed by atoms with Crippen molar-refractivity contribution in [3.63, 3.8) is 0 Å². The SMILES string of the molecule is CSC(C)CNC(C)c1cc2c(s1)CCC2. The minimum Gasteiger partial charge on any atom is -0.308 e. The van der Waals surface area contributed by atoms with Crippen molar-refractivity contribution in [2.45, 2.75) is 44.4 Å². The number of aryl methyl sites for hydroxylation is 2. The van der Waals surface area contributed by atoms with E-state index in [1.165, 1.54) is 24.1 Å². The number of fused-ring (bicyclic) bond motifs is 1. The summed E-state index contributed by atoms with van der Waals surface area (Å²) in [7, 11) is 0. The molecule has 0 saturated carbocycles. The molecule has 1 heterocycles. The van der Waals surface area contributed by atoms with Gasteiger partial charge in [0.1, 0.15) is 0 Å². The van der Waals surface area contributed by atoms with E-state index in [1.54, 1.807) is 10.4 Å². The third-order valence-electron chi connectivity index (χ3n) is 3.31. The summed E-state index contributed by atoms with van der Waals surface area (Å²) in [4.78, 5) is 3.17. The van der Waals surface area contributed by atoms with Gasteiger partial charge in [0.15, 0.2) is 0 Å². The Bertz CT molecular complexity index is 324. The second-order valence-corrected chi connectivity index (χ2v) is 7.07.